The van der Waals surface area contributed by atoms with Crippen LogP contribution in [0.25, 0.3) is 0 Å². The number of nitrogens with zero attached hydrogens (tertiary/aromatic N) is 2. The number of nitrogens with one attached hydrogen (secondary N) is 1. The molecule has 0 aliphatic carbocycles. The van der Waals surface area contributed by atoms with Crippen LogP contribution < -0.4 is 11.1 Å². The largest absolute Gasteiger partial charge is 0.396 e. The van der Waals surface area contributed by atoms with Gasteiger partial charge < -0.3 is 16.2 Å². The molecule has 0 atom stereocenters. The lowest BCUT2D eigenvalue weighted by Crippen LogP contribution is -2.24. The van der Waals surface area contributed by atoms with Crippen molar-refractivity contribution >= 4 is 11.5 Å². The van der Waals surface area contributed by atoms with Crippen LogP contribution >= 0.6 is 0 Å². The molecule has 0 spiro atoms. The lowest BCUT2D eigenvalue weighted by Gasteiger charge is -2.24. The van der Waals surface area contributed by atoms with Crippen LogP contribution in [0.15, 0.2) is 6.20 Å². The third-order valence-corrected chi connectivity index (χ3v) is 2.60. The highest BCUT2D eigenvalue weighted by Gasteiger charge is 2.18. The van der Waals surface area contributed by atoms with Gasteiger partial charge in [-0.1, -0.05) is 13.8 Å². The van der Waals surface area contributed by atoms with E-state index in [9.17, 15) is 0 Å². The van der Waals surface area contributed by atoms with Gasteiger partial charge in [-0.25, -0.2) is 0 Å². The van der Waals surface area contributed by atoms with Crippen molar-refractivity contribution in [3.63, 3.8) is 0 Å². The summed E-state index contributed by atoms with van der Waals surface area (Å²) in [6.45, 7) is 5.37. The molecule has 0 aliphatic heterocycles. The number of nitrogen functional groups attached to an aromatic ring is 1. The zero-order valence-electron chi connectivity index (χ0n) is 10.3. The van der Waals surface area contributed by atoms with Crippen LogP contribution in [0, 0.1) is 5.41 Å². The maximum Gasteiger partial charge on any atom is 0.171 e. The zero-order valence-corrected chi connectivity index (χ0v) is 10.3. The van der Waals surface area contributed by atoms with Crippen LogP contribution in [0.5, 0.6) is 0 Å². The van der Waals surface area contributed by atoms with Gasteiger partial charge in [0.1, 0.15) is 0 Å². The average Bonchev–Trinajstić information content (AvgIpc) is 2.52. The molecule has 1 heterocycles. The molecule has 0 aromatic carbocycles. The molecule has 0 unspecified atom stereocenters. The maximum absolute atomic E-state index is 8.81. The second-order valence-corrected chi connectivity index (χ2v) is 4.95. The SMILES string of the molecule is Cn1cc(N)c(NCC(C)(C)CCCO)n1. The Morgan fingerprint density at radius 1 is 1.56 bits per heavy atom. The van der Waals surface area contributed by atoms with Crippen molar-refractivity contribution in [3.05, 3.63) is 6.20 Å². The first-order valence-electron chi connectivity index (χ1n) is 5.58. The highest BCUT2D eigenvalue weighted by molar-refractivity contribution is 5.59. The monoisotopic (exact) mass is 226 g/mol. The third kappa shape index (κ3) is 3.73. The predicted molar refractivity (Wildman–Crippen MR) is 66.2 cm³/mol. The predicted octanol–water partition coefficient (Wildman–Crippen LogP) is 1.21. The van der Waals surface area contributed by atoms with E-state index in [-0.39, 0.29) is 12.0 Å². The molecule has 5 heteroatoms. The van der Waals surface area contributed by atoms with Gasteiger partial charge in [-0.3, -0.25) is 4.68 Å². The zero-order chi connectivity index (χ0) is 12.2. The number of aliphatic hydroxyl groups excluding tert-OH is 1. The van der Waals surface area contributed by atoms with Crippen molar-refractivity contribution in [1.82, 2.24) is 9.78 Å². The summed E-state index contributed by atoms with van der Waals surface area (Å²) in [6, 6.07) is 0. The van der Waals surface area contributed by atoms with Gasteiger partial charge in [0, 0.05) is 26.4 Å². The molecule has 1 rings (SSSR count). The van der Waals surface area contributed by atoms with Crippen molar-refractivity contribution in [2.75, 3.05) is 24.2 Å². The van der Waals surface area contributed by atoms with Gasteiger partial charge in [-0.05, 0) is 18.3 Å². The van der Waals surface area contributed by atoms with Gasteiger partial charge in [0.05, 0.1) is 5.69 Å². The summed E-state index contributed by atoms with van der Waals surface area (Å²) < 4.78 is 1.69. The summed E-state index contributed by atoms with van der Waals surface area (Å²) >= 11 is 0. The normalized spacial score (nSPS) is 11.8. The van der Waals surface area contributed by atoms with Gasteiger partial charge in [0.15, 0.2) is 5.82 Å². The van der Waals surface area contributed by atoms with Crippen LogP contribution in [0.2, 0.25) is 0 Å². The number of aryl methyl sites for hydroxylation is 1. The van der Waals surface area contributed by atoms with E-state index in [2.05, 4.69) is 24.3 Å². The van der Waals surface area contributed by atoms with Gasteiger partial charge >= 0.3 is 0 Å². The van der Waals surface area contributed by atoms with E-state index in [4.69, 9.17) is 10.8 Å². The summed E-state index contributed by atoms with van der Waals surface area (Å²) in [5.41, 5.74) is 6.58. The van der Waals surface area contributed by atoms with E-state index in [0.717, 1.165) is 25.2 Å². The Labute approximate surface area is 96.6 Å². The van der Waals surface area contributed by atoms with E-state index >= 15 is 0 Å². The van der Waals surface area contributed by atoms with Crippen molar-refractivity contribution in [1.29, 1.82) is 0 Å². The second kappa shape index (κ2) is 5.21. The van der Waals surface area contributed by atoms with Gasteiger partial charge in [0.25, 0.3) is 0 Å². The van der Waals surface area contributed by atoms with E-state index < -0.39 is 0 Å². The molecule has 0 amide bonds. The van der Waals surface area contributed by atoms with Crippen molar-refractivity contribution in [2.24, 2.45) is 12.5 Å². The number of hydrogen-bond donors (Lipinski definition) is 3. The molecule has 0 saturated heterocycles. The van der Waals surface area contributed by atoms with E-state index in [0.29, 0.717) is 5.69 Å². The standard InChI is InChI=1S/C11H22N4O/c1-11(2,5-4-6-16)8-13-10-9(12)7-15(3)14-10/h7,16H,4-6,8,12H2,1-3H3,(H,13,14). The van der Waals surface area contributed by atoms with Gasteiger partial charge in [-0.15, -0.1) is 0 Å². The number of hydrogen-bond acceptors (Lipinski definition) is 4. The molecule has 92 valence electrons. The number of nitrogens with two attached hydrogens (primary N) is 1. The van der Waals surface area contributed by atoms with Crippen molar-refractivity contribution < 1.29 is 5.11 Å². The molecule has 4 N–H and O–H groups in total. The first-order chi connectivity index (χ1) is 7.44. The van der Waals surface area contributed by atoms with Gasteiger partial charge in [-0.2, -0.15) is 5.10 Å². The second-order valence-electron chi connectivity index (χ2n) is 4.95. The molecule has 5 nitrogen and oxygen atoms in total. The van der Waals surface area contributed by atoms with Crippen LogP contribution in [0.4, 0.5) is 11.5 Å². The van der Waals surface area contributed by atoms with Crippen molar-refractivity contribution in [3.8, 4) is 0 Å². The van der Waals surface area contributed by atoms with E-state index in [1.165, 1.54) is 0 Å². The Morgan fingerprint density at radius 3 is 2.75 bits per heavy atom. The van der Waals surface area contributed by atoms with Crippen LogP contribution in [-0.2, 0) is 7.05 Å². The number of rotatable bonds is 6. The average molecular weight is 226 g/mol. The first-order valence-corrected chi connectivity index (χ1v) is 5.58. The fourth-order valence-electron chi connectivity index (χ4n) is 1.61. The molecule has 0 saturated carbocycles. The van der Waals surface area contributed by atoms with Crippen LogP contribution in [0.3, 0.4) is 0 Å². The summed E-state index contributed by atoms with van der Waals surface area (Å²) in [4.78, 5) is 0. The molecule has 0 fully saturated rings. The molecular weight excluding hydrogens is 204 g/mol. The minimum Gasteiger partial charge on any atom is -0.396 e. The molecule has 0 bridgehead atoms. The number of anilines is 2. The highest BCUT2D eigenvalue weighted by Crippen LogP contribution is 2.24. The Balaban J connectivity index is 2.47. The fraction of sp³-hybridized carbons (Fsp3) is 0.727. The first kappa shape index (κ1) is 12.8. The number of aliphatic hydroxyl groups is 1. The summed E-state index contributed by atoms with van der Waals surface area (Å²) in [7, 11) is 1.85. The summed E-state index contributed by atoms with van der Waals surface area (Å²) in [6.07, 6.45) is 3.58. The smallest absolute Gasteiger partial charge is 0.171 e. The molecule has 0 aliphatic rings. The third-order valence-electron chi connectivity index (χ3n) is 2.60. The molecule has 0 radical (unpaired) electrons. The van der Waals surface area contributed by atoms with Crippen molar-refractivity contribution in [2.45, 2.75) is 26.7 Å². The summed E-state index contributed by atoms with van der Waals surface area (Å²) in [5, 5.41) is 16.3. The quantitative estimate of drug-likeness (QED) is 0.681. The highest BCUT2D eigenvalue weighted by atomic mass is 16.2. The molecule has 1 aromatic rings. The lowest BCUT2D eigenvalue weighted by molar-refractivity contribution is 0.248. The van der Waals surface area contributed by atoms with Gasteiger partial charge in [0.2, 0.25) is 0 Å². The maximum atomic E-state index is 8.81. The minimum atomic E-state index is 0.132. The molecule has 16 heavy (non-hydrogen) atoms. The Morgan fingerprint density at radius 2 is 2.25 bits per heavy atom. The Hall–Kier alpha value is -1.23. The minimum absolute atomic E-state index is 0.132. The van der Waals surface area contributed by atoms with Crippen LogP contribution in [0.1, 0.15) is 26.7 Å². The topological polar surface area (TPSA) is 76.1 Å². The fourth-order valence-corrected chi connectivity index (χ4v) is 1.61. The number of aromatic nitrogens is 2. The Kier molecular flexibility index (Phi) is 4.18. The van der Waals surface area contributed by atoms with Crippen LogP contribution in [-0.4, -0.2) is 28.0 Å². The lowest BCUT2D eigenvalue weighted by atomic mass is 9.88. The Bertz CT molecular complexity index is 333. The van der Waals surface area contributed by atoms with E-state index in [1.54, 1.807) is 10.9 Å². The molecule has 1 aromatic heterocycles. The van der Waals surface area contributed by atoms with E-state index in [1.807, 2.05) is 7.05 Å². The molecular formula is C11H22N4O. The summed E-state index contributed by atoms with van der Waals surface area (Å²) in [5.74, 6) is 0.736.